The quantitative estimate of drug-likeness (QED) is 0.264. The number of thiocarbonyl (C=S) groups is 1. The van der Waals surface area contributed by atoms with Gasteiger partial charge in [0.1, 0.15) is 16.5 Å². The van der Waals surface area contributed by atoms with Crippen molar-refractivity contribution in [2.24, 2.45) is 0 Å². The van der Waals surface area contributed by atoms with Crippen LogP contribution >= 0.6 is 12.2 Å². The normalized spacial score (nSPS) is 10.4. The first kappa shape index (κ1) is 24.6. The van der Waals surface area contributed by atoms with E-state index in [1.54, 1.807) is 6.07 Å². The number of hydrogen-bond donors (Lipinski definition) is 2. The average Bonchev–Trinajstić information content (AvgIpc) is 2.89. The van der Waals surface area contributed by atoms with E-state index in [-0.39, 0.29) is 11.1 Å². The summed E-state index contributed by atoms with van der Waals surface area (Å²) in [5, 5.41) is 18.9. The second kappa shape index (κ2) is 11.3. The first-order valence-corrected chi connectivity index (χ1v) is 11.6. The second-order valence-corrected chi connectivity index (χ2v) is 8.46. The molecule has 0 bridgehead atoms. The third-order valence-electron chi connectivity index (χ3n) is 5.51. The maximum atomic E-state index is 11.7. The largest absolute Gasteiger partial charge is 0.478 e. The molecule has 0 spiro atoms. The maximum Gasteiger partial charge on any atom is 0.336 e. The van der Waals surface area contributed by atoms with Crippen LogP contribution < -0.4 is 4.74 Å². The molecule has 6 nitrogen and oxygen atoms in total. The van der Waals surface area contributed by atoms with Crippen molar-refractivity contribution in [1.82, 2.24) is 4.90 Å². The van der Waals surface area contributed by atoms with Gasteiger partial charge in [-0.05, 0) is 47.5 Å². The number of benzene rings is 4. The molecule has 0 heterocycles. The molecule has 7 heteroatoms. The Bertz CT molecular complexity index is 1370. The lowest BCUT2D eigenvalue weighted by Gasteiger charge is -2.26. The summed E-state index contributed by atoms with van der Waals surface area (Å²) in [7, 11) is 0. The van der Waals surface area contributed by atoms with Gasteiger partial charge >= 0.3 is 11.9 Å². The zero-order valence-corrected chi connectivity index (χ0v) is 20.0. The van der Waals surface area contributed by atoms with Crippen molar-refractivity contribution in [3.63, 3.8) is 0 Å². The molecule has 0 aliphatic rings. The molecule has 0 aliphatic carbocycles. The van der Waals surface area contributed by atoms with Gasteiger partial charge in [0.15, 0.2) is 0 Å². The lowest BCUT2D eigenvalue weighted by Crippen LogP contribution is -2.29. The molecule has 0 radical (unpaired) electrons. The fourth-order valence-electron chi connectivity index (χ4n) is 3.73. The van der Waals surface area contributed by atoms with E-state index < -0.39 is 11.9 Å². The number of hydrogen-bond acceptors (Lipinski definition) is 4. The van der Waals surface area contributed by atoms with E-state index in [4.69, 9.17) is 17.0 Å². The van der Waals surface area contributed by atoms with Gasteiger partial charge in [0.2, 0.25) is 0 Å². The number of aromatic carboxylic acids is 2. The average molecular weight is 498 g/mol. The Morgan fingerprint density at radius 1 is 0.667 bits per heavy atom. The predicted molar refractivity (Wildman–Crippen MR) is 141 cm³/mol. The fourth-order valence-corrected chi connectivity index (χ4v) is 3.99. The number of carboxylic acids is 2. The van der Waals surface area contributed by atoms with Crippen molar-refractivity contribution in [3.05, 3.63) is 131 Å². The van der Waals surface area contributed by atoms with Crippen molar-refractivity contribution in [3.8, 4) is 11.5 Å². The van der Waals surface area contributed by atoms with Crippen LogP contribution in [0.4, 0.5) is 0 Å². The zero-order valence-electron chi connectivity index (χ0n) is 19.2. The summed E-state index contributed by atoms with van der Waals surface area (Å²) in [5.74, 6) is -1.17. The van der Waals surface area contributed by atoms with Gasteiger partial charge < -0.3 is 19.8 Å². The van der Waals surface area contributed by atoms with E-state index in [9.17, 15) is 19.8 Å². The van der Waals surface area contributed by atoms with E-state index in [1.807, 2.05) is 89.8 Å². The van der Waals surface area contributed by atoms with Crippen LogP contribution in [0.3, 0.4) is 0 Å². The smallest absolute Gasteiger partial charge is 0.336 e. The van der Waals surface area contributed by atoms with Crippen LogP contribution in [0.1, 0.15) is 37.4 Å². The Kier molecular flexibility index (Phi) is 7.72. The molecule has 36 heavy (non-hydrogen) atoms. The molecule has 0 amide bonds. The Morgan fingerprint density at radius 2 is 1.19 bits per heavy atom. The highest BCUT2D eigenvalue weighted by Gasteiger charge is 2.20. The summed E-state index contributed by atoms with van der Waals surface area (Å²) in [6.07, 6.45) is 0. The van der Waals surface area contributed by atoms with E-state index in [0.717, 1.165) is 16.9 Å². The van der Waals surface area contributed by atoms with Gasteiger partial charge in [-0.1, -0.05) is 78.9 Å². The summed E-state index contributed by atoms with van der Waals surface area (Å²) in [5.41, 5.74) is 1.90. The Morgan fingerprint density at radius 3 is 1.78 bits per heavy atom. The maximum absolute atomic E-state index is 11.7. The van der Waals surface area contributed by atoms with Crippen molar-refractivity contribution < 1.29 is 24.5 Å². The zero-order chi connectivity index (χ0) is 25.5. The number of rotatable bonds is 9. The molecule has 4 aromatic rings. The first-order chi connectivity index (χ1) is 17.4. The predicted octanol–water partition coefficient (Wildman–Crippen LogP) is 6.25. The van der Waals surface area contributed by atoms with Gasteiger partial charge in [-0.15, -0.1) is 0 Å². The Labute approximate surface area is 214 Å². The standard InChI is InChI=1S/C29H23NO5S/c31-28(32)25-16-13-22(17-26(25)29(33)34)27(36)30(18-20-7-3-1-4-8-20)19-21-11-14-24(15-12-21)35-23-9-5-2-6-10-23/h1-17H,18-19H2,(H,31,32)(H,33,34). The van der Waals surface area contributed by atoms with Gasteiger partial charge in [-0.3, -0.25) is 0 Å². The number of carbonyl (C=O) groups is 2. The highest BCUT2D eigenvalue weighted by atomic mass is 32.1. The van der Waals surface area contributed by atoms with Crippen molar-refractivity contribution in [2.45, 2.75) is 13.1 Å². The van der Waals surface area contributed by atoms with Gasteiger partial charge in [-0.25, -0.2) is 9.59 Å². The molecule has 0 unspecified atom stereocenters. The minimum atomic E-state index is -1.32. The minimum absolute atomic E-state index is 0.280. The van der Waals surface area contributed by atoms with Crippen molar-refractivity contribution in [2.75, 3.05) is 0 Å². The molecular weight excluding hydrogens is 474 g/mol. The molecule has 4 rings (SSSR count). The summed E-state index contributed by atoms with van der Waals surface area (Å²) in [6.45, 7) is 0.952. The third-order valence-corrected chi connectivity index (χ3v) is 6.00. The highest BCUT2D eigenvalue weighted by molar-refractivity contribution is 7.80. The number of nitrogens with zero attached hydrogens (tertiary/aromatic N) is 1. The van der Waals surface area contributed by atoms with E-state index in [0.29, 0.717) is 29.4 Å². The van der Waals surface area contributed by atoms with Crippen LogP contribution in [0.5, 0.6) is 11.5 Å². The number of ether oxygens (including phenoxy) is 1. The molecule has 0 aliphatic heterocycles. The minimum Gasteiger partial charge on any atom is -0.478 e. The first-order valence-electron chi connectivity index (χ1n) is 11.2. The van der Waals surface area contributed by atoms with Crippen molar-refractivity contribution in [1.29, 1.82) is 0 Å². The lowest BCUT2D eigenvalue weighted by molar-refractivity contribution is 0.0651. The Balaban J connectivity index is 1.60. The molecule has 0 aromatic heterocycles. The monoisotopic (exact) mass is 497 g/mol. The second-order valence-electron chi connectivity index (χ2n) is 8.08. The van der Waals surface area contributed by atoms with Crippen LogP contribution in [0.15, 0.2) is 103 Å². The molecular formula is C29H23NO5S. The molecule has 0 fully saturated rings. The van der Waals surface area contributed by atoms with Gasteiger partial charge in [0.25, 0.3) is 0 Å². The molecule has 180 valence electrons. The van der Waals surface area contributed by atoms with Crippen LogP contribution in [-0.2, 0) is 13.1 Å². The molecule has 0 saturated heterocycles. The summed E-state index contributed by atoms with van der Waals surface area (Å²) in [6, 6.07) is 31.1. The van der Waals surface area contributed by atoms with E-state index in [1.165, 1.54) is 12.1 Å². The van der Waals surface area contributed by atoms with Crippen LogP contribution in [-0.4, -0.2) is 32.0 Å². The van der Waals surface area contributed by atoms with Gasteiger partial charge in [0, 0.05) is 18.7 Å². The molecule has 2 N–H and O–H groups in total. The number of para-hydroxylation sites is 1. The number of carboxylic acid groups (broad SMARTS) is 2. The third kappa shape index (κ3) is 6.14. The summed E-state index contributed by atoms with van der Waals surface area (Å²) in [4.78, 5) is 25.5. The Hall–Kier alpha value is -4.49. The SMILES string of the molecule is O=C(O)c1ccc(C(=S)N(Cc2ccccc2)Cc2ccc(Oc3ccccc3)cc2)cc1C(=O)O. The fraction of sp³-hybridized carbons (Fsp3) is 0.0690. The topological polar surface area (TPSA) is 87.1 Å². The van der Waals surface area contributed by atoms with Gasteiger partial charge in [-0.2, -0.15) is 0 Å². The molecule has 0 saturated carbocycles. The van der Waals surface area contributed by atoms with Crippen LogP contribution in [0, 0.1) is 0 Å². The molecule has 0 atom stereocenters. The van der Waals surface area contributed by atoms with Crippen molar-refractivity contribution >= 4 is 29.1 Å². The summed E-state index contributed by atoms with van der Waals surface area (Å²) < 4.78 is 5.87. The summed E-state index contributed by atoms with van der Waals surface area (Å²) >= 11 is 5.77. The van der Waals surface area contributed by atoms with E-state index in [2.05, 4.69) is 0 Å². The van der Waals surface area contributed by atoms with Crippen LogP contribution in [0.2, 0.25) is 0 Å². The molecule has 4 aromatic carbocycles. The van der Waals surface area contributed by atoms with Gasteiger partial charge in [0.05, 0.1) is 11.1 Å². The van der Waals surface area contributed by atoms with E-state index >= 15 is 0 Å². The van der Waals surface area contributed by atoms with Crippen LogP contribution in [0.25, 0.3) is 0 Å². The highest BCUT2D eigenvalue weighted by Crippen LogP contribution is 2.23. The lowest BCUT2D eigenvalue weighted by atomic mass is 10.0.